The van der Waals surface area contributed by atoms with Crippen molar-refractivity contribution in [1.82, 2.24) is 0 Å². The van der Waals surface area contributed by atoms with Crippen LogP contribution < -0.4 is 0 Å². The fourth-order valence-corrected chi connectivity index (χ4v) is 7.17. The number of allylic oxidation sites excluding steroid dienone is 1. The predicted octanol–water partition coefficient (Wildman–Crippen LogP) is 4.93. The first-order valence-electron chi connectivity index (χ1n) is 12.9. The molecule has 0 aromatic rings. The van der Waals surface area contributed by atoms with Crippen LogP contribution >= 0.6 is 0 Å². The summed E-state index contributed by atoms with van der Waals surface area (Å²) in [6.45, 7) is 20.7. The summed E-state index contributed by atoms with van der Waals surface area (Å²) in [5.74, 6) is 0.550. The normalized spacial score (nSPS) is 41.8. The lowest BCUT2D eigenvalue weighted by Gasteiger charge is -2.58. The Labute approximate surface area is 205 Å². The molecule has 0 bridgehead atoms. The van der Waals surface area contributed by atoms with E-state index in [4.69, 9.17) is 14.2 Å². The smallest absolute Gasteiger partial charge is 0.303 e. The first kappa shape index (κ1) is 27.4. The maximum Gasteiger partial charge on any atom is 0.303 e. The Morgan fingerprint density at radius 2 is 1.94 bits per heavy atom. The van der Waals surface area contributed by atoms with Gasteiger partial charge in [0.15, 0.2) is 12.4 Å². The number of carbonyl (C=O) groups is 1. The highest BCUT2D eigenvalue weighted by Crippen LogP contribution is 2.62. The summed E-state index contributed by atoms with van der Waals surface area (Å²) < 4.78 is 17.2. The minimum atomic E-state index is -1.34. The Balaban J connectivity index is 1.71. The van der Waals surface area contributed by atoms with Crippen molar-refractivity contribution in [2.45, 2.75) is 123 Å². The summed E-state index contributed by atoms with van der Waals surface area (Å²) in [6.07, 6.45) is 4.17. The Morgan fingerprint density at radius 1 is 1.26 bits per heavy atom. The maximum absolute atomic E-state index is 11.4. The largest absolute Gasteiger partial charge is 0.457 e. The van der Waals surface area contributed by atoms with Crippen molar-refractivity contribution in [3.8, 4) is 0 Å². The van der Waals surface area contributed by atoms with Crippen LogP contribution in [0.25, 0.3) is 0 Å². The van der Waals surface area contributed by atoms with Crippen molar-refractivity contribution in [3.63, 3.8) is 0 Å². The van der Waals surface area contributed by atoms with Crippen LogP contribution in [0.3, 0.4) is 0 Å². The molecule has 1 aliphatic heterocycles. The van der Waals surface area contributed by atoms with E-state index in [1.54, 1.807) is 13.0 Å². The summed E-state index contributed by atoms with van der Waals surface area (Å²) in [5.41, 5.74) is 1.15. The average molecular weight is 479 g/mol. The van der Waals surface area contributed by atoms with Crippen LogP contribution in [0.1, 0.15) is 86.5 Å². The summed E-state index contributed by atoms with van der Waals surface area (Å²) >= 11 is 0. The van der Waals surface area contributed by atoms with E-state index in [0.29, 0.717) is 23.7 Å². The van der Waals surface area contributed by atoms with E-state index in [9.17, 15) is 15.0 Å². The van der Waals surface area contributed by atoms with Gasteiger partial charge in [0, 0.05) is 6.92 Å². The first-order chi connectivity index (χ1) is 15.7. The van der Waals surface area contributed by atoms with Crippen molar-refractivity contribution in [3.05, 3.63) is 24.8 Å². The molecule has 2 aliphatic carbocycles. The highest BCUT2D eigenvalue weighted by Gasteiger charge is 2.53. The second-order valence-corrected chi connectivity index (χ2v) is 12.1. The standard InChI is InChI=1S/C28H46O6/c1-9-27(7,34-25-23(31)22(30)24(18(3)32-25)33-19(4)29)16-13-20-17(2)11-12-21-26(5,6)14-10-15-28(20,21)8/h9,18,20-25,30-31H,1-2,10-16H2,3-8H3/t18-,20-,21-,22+,23+,24+,25-,27-,28+/m0/s1. The third kappa shape index (κ3) is 5.30. The highest BCUT2D eigenvalue weighted by atomic mass is 16.7. The monoisotopic (exact) mass is 478 g/mol. The molecule has 1 saturated heterocycles. The van der Waals surface area contributed by atoms with Crippen LogP contribution in [0.5, 0.6) is 0 Å². The van der Waals surface area contributed by atoms with Gasteiger partial charge in [0.1, 0.15) is 12.2 Å². The van der Waals surface area contributed by atoms with Gasteiger partial charge < -0.3 is 24.4 Å². The van der Waals surface area contributed by atoms with Gasteiger partial charge in [-0.05, 0) is 75.0 Å². The SMILES string of the molecule is C=C[C@@](C)(CC[C@H]1C(=C)CC[C@H]2C(C)(C)CCC[C@]12C)O[C@@H]1O[C@@H](C)[C@@H](OC(C)=O)[C@H](O)[C@H]1O. The third-order valence-electron chi connectivity index (χ3n) is 9.14. The number of aliphatic hydroxyl groups is 2. The molecule has 2 saturated carbocycles. The molecule has 3 rings (SSSR count). The lowest BCUT2D eigenvalue weighted by Crippen LogP contribution is -2.60. The number of ether oxygens (including phenoxy) is 3. The van der Waals surface area contributed by atoms with Crippen LogP contribution in [0.4, 0.5) is 0 Å². The van der Waals surface area contributed by atoms with Gasteiger partial charge >= 0.3 is 5.97 Å². The second kappa shape index (κ2) is 10.0. The maximum atomic E-state index is 11.4. The zero-order valence-corrected chi connectivity index (χ0v) is 22.0. The molecular weight excluding hydrogens is 432 g/mol. The minimum absolute atomic E-state index is 0.224. The number of carbonyl (C=O) groups excluding carboxylic acids is 1. The highest BCUT2D eigenvalue weighted by molar-refractivity contribution is 5.66. The van der Waals surface area contributed by atoms with Crippen molar-refractivity contribution in [2.75, 3.05) is 0 Å². The minimum Gasteiger partial charge on any atom is -0.457 e. The van der Waals surface area contributed by atoms with Gasteiger partial charge in [-0.1, -0.05) is 45.4 Å². The zero-order valence-electron chi connectivity index (χ0n) is 22.0. The van der Waals surface area contributed by atoms with Gasteiger partial charge in [-0.2, -0.15) is 0 Å². The summed E-state index contributed by atoms with van der Waals surface area (Å²) in [5, 5.41) is 21.2. The van der Waals surface area contributed by atoms with Crippen molar-refractivity contribution >= 4 is 5.97 Å². The molecule has 9 atom stereocenters. The molecule has 2 N–H and O–H groups in total. The van der Waals surface area contributed by atoms with E-state index in [1.807, 2.05) is 6.92 Å². The van der Waals surface area contributed by atoms with E-state index in [0.717, 1.165) is 12.8 Å². The molecule has 34 heavy (non-hydrogen) atoms. The second-order valence-electron chi connectivity index (χ2n) is 12.1. The van der Waals surface area contributed by atoms with Crippen molar-refractivity contribution in [2.24, 2.45) is 22.7 Å². The van der Waals surface area contributed by atoms with Crippen LogP contribution in [-0.4, -0.2) is 52.5 Å². The summed E-state index contributed by atoms with van der Waals surface area (Å²) in [6, 6.07) is 0. The molecule has 3 fully saturated rings. The molecule has 3 aliphatic rings. The van der Waals surface area contributed by atoms with E-state index >= 15 is 0 Å². The Morgan fingerprint density at radius 3 is 2.56 bits per heavy atom. The van der Waals surface area contributed by atoms with Crippen LogP contribution in [-0.2, 0) is 19.0 Å². The van der Waals surface area contributed by atoms with Gasteiger partial charge in [-0.3, -0.25) is 4.79 Å². The molecule has 0 amide bonds. The fourth-order valence-electron chi connectivity index (χ4n) is 7.17. The van der Waals surface area contributed by atoms with Gasteiger partial charge in [0.2, 0.25) is 0 Å². The summed E-state index contributed by atoms with van der Waals surface area (Å²) in [4.78, 5) is 11.4. The number of esters is 1. The van der Waals surface area contributed by atoms with Gasteiger partial charge in [-0.15, -0.1) is 6.58 Å². The third-order valence-corrected chi connectivity index (χ3v) is 9.14. The fraction of sp³-hybridized carbons (Fsp3) is 0.821. The predicted molar refractivity (Wildman–Crippen MR) is 132 cm³/mol. The number of hydrogen-bond acceptors (Lipinski definition) is 6. The molecule has 0 spiro atoms. The van der Waals surface area contributed by atoms with E-state index in [-0.39, 0.29) is 5.41 Å². The summed E-state index contributed by atoms with van der Waals surface area (Å²) in [7, 11) is 0. The number of hydrogen-bond donors (Lipinski definition) is 2. The molecule has 6 heteroatoms. The van der Waals surface area contributed by atoms with Crippen LogP contribution in [0, 0.1) is 22.7 Å². The number of aliphatic hydroxyl groups excluding tert-OH is 2. The number of fused-ring (bicyclic) bond motifs is 1. The van der Waals surface area contributed by atoms with Crippen LogP contribution in [0.2, 0.25) is 0 Å². The average Bonchev–Trinajstić information content (AvgIpc) is 2.73. The van der Waals surface area contributed by atoms with E-state index < -0.39 is 42.3 Å². The Bertz CT molecular complexity index is 777. The molecule has 0 aromatic heterocycles. The van der Waals surface area contributed by atoms with Gasteiger partial charge in [0.25, 0.3) is 0 Å². The van der Waals surface area contributed by atoms with Crippen molar-refractivity contribution < 1.29 is 29.2 Å². The number of rotatable bonds is 7. The molecular formula is C28H46O6. The molecule has 194 valence electrons. The lowest BCUT2D eigenvalue weighted by atomic mass is 9.47. The van der Waals surface area contributed by atoms with Crippen LogP contribution in [0.15, 0.2) is 24.8 Å². The van der Waals surface area contributed by atoms with Gasteiger partial charge in [0.05, 0.1) is 11.7 Å². The molecule has 6 nitrogen and oxygen atoms in total. The van der Waals surface area contributed by atoms with Gasteiger partial charge in [-0.25, -0.2) is 0 Å². The quantitative estimate of drug-likeness (QED) is 0.399. The first-order valence-corrected chi connectivity index (χ1v) is 12.9. The molecule has 0 radical (unpaired) electrons. The van der Waals surface area contributed by atoms with E-state index in [2.05, 4.69) is 33.9 Å². The zero-order chi connectivity index (χ0) is 25.5. The Kier molecular flexibility index (Phi) is 8.08. The van der Waals surface area contributed by atoms with Crippen molar-refractivity contribution in [1.29, 1.82) is 0 Å². The van der Waals surface area contributed by atoms with E-state index in [1.165, 1.54) is 38.2 Å². The Hall–Kier alpha value is -1.21. The molecule has 0 unspecified atom stereocenters. The molecule has 0 aromatic carbocycles. The topological polar surface area (TPSA) is 85.2 Å². The lowest BCUT2D eigenvalue weighted by molar-refractivity contribution is -0.314. The molecule has 1 heterocycles.